The lowest BCUT2D eigenvalue weighted by atomic mass is 10.1. The van der Waals surface area contributed by atoms with Crippen LogP contribution in [0, 0.1) is 5.92 Å². The Morgan fingerprint density at radius 1 is 1.38 bits per heavy atom. The number of aromatic nitrogens is 2. The molecule has 1 unspecified atom stereocenters. The Morgan fingerprint density at radius 2 is 2.12 bits per heavy atom. The van der Waals surface area contributed by atoms with Crippen molar-refractivity contribution in [2.45, 2.75) is 59.1 Å². The minimum Gasteiger partial charge on any atom is -0.385 e. The Morgan fingerprint density at radius 3 is 2.75 bits per heavy atom. The van der Waals surface area contributed by atoms with Gasteiger partial charge in [-0.3, -0.25) is 0 Å². The Kier molecular flexibility index (Phi) is 5.53. The Balaban J connectivity index is 2.55. The van der Waals surface area contributed by atoms with Crippen molar-refractivity contribution in [1.82, 2.24) is 9.55 Å². The fourth-order valence-corrected chi connectivity index (χ4v) is 1.89. The molecule has 0 saturated carbocycles. The molecule has 3 heteroatoms. The fourth-order valence-electron chi connectivity index (χ4n) is 1.89. The van der Waals surface area contributed by atoms with Gasteiger partial charge in [-0.2, -0.15) is 0 Å². The first-order valence-corrected chi connectivity index (χ1v) is 6.34. The van der Waals surface area contributed by atoms with Gasteiger partial charge in [0.2, 0.25) is 0 Å². The van der Waals surface area contributed by atoms with Crippen LogP contribution >= 0.6 is 0 Å². The van der Waals surface area contributed by atoms with Crippen LogP contribution in [-0.2, 0) is 6.54 Å². The van der Waals surface area contributed by atoms with Gasteiger partial charge in [-0.1, -0.05) is 33.6 Å². The van der Waals surface area contributed by atoms with Gasteiger partial charge in [0.15, 0.2) is 0 Å². The van der Waals surface area contributed by atoms with E-state index in [1.807, 2.05) is 6.20 Å². The van der Waals surface area contributed by atoms with Crippen molar-refractivity contribution in [1.29, 1.82) is 0 Å². The summed E-state index contributed by atoms with van der Waals surface area (Å²) in [6, 6.07) is 0. The summed E-state index contributed by atoms with van der Waals surface area (Å²) in [7, 11) is 0. The van der Waals surface area contributed by atoms with Crippen LogP contribution < -0.4 is 0 Å². The highest BCUT2D eigenvalue weighted by Gasteiger charge is 2.14. The molecule has 1 aromatic rings. The number of aliphatic hydroxyl groups excluding tert-OH is 1. The molecule has 0 spiro atoms. The SMILES string of the molecule is CCCCCn1ccnc1C(O)CC(C)C. The Hall–Kier alpha value is -0.830. The molecule has 1 heterocycles. The molecule has 0 bridgehead atoms. The van der Waals surface area contributed by atoms with Crippen molar-refractivity contribution >= 4 is 0 Å². The Bertz CT molecular complexity index is 294. The fraction of sp³-hybridized carbons (Fsp3) is 0.769. The summed E-state index contributed by atoms with van der Waals surface area (Å²) >= 11 is 0. The van der Waals surface area contributed by atoms with Gasteiger partial charge in [0.1, 0.15) is 11.9 Å². The van der Waals surface area contributed by atoms with Gasteiger partial charge in [0, 0.05) is 18.9 Å². The van der Waals surface area contributed by atoms with E-state index in [2.05, 4.69) is 30.3 Å². The highest BCUT2D eigenvalue weighted by atomic mass is 16.3. The standard InChI is InChI=1S/C13H24N2O/c1-4-5-6-8-15-9-7-14-13(15)12(16)10-11(2)3/h7,9,11-12,16H,4-6,8,10H2,1-3H3. The summed E-state index contributed by atoms with van der Waals surface area (Å²) in [5.74, 6) is 1.32. The van der Waals surface area contributed by atoms with Gasteiger partial charge in [-0.05, 0) is 18.8 Å². The third kappa shape index (κ3) is 3.97. The van der Waals surface area contributed by atoms with Crippen LogP contribution in [0.15, 0.2) is 12.4 Å². The second kappa shape index (κ2) is 6.69. The van der Waals surface area contributed by atoms with Gasteiger partial charge in [-0.15, -0.1) is 0 Å². The van der Waals surface area contributed by atoms with E-state index in [4.69, 9.17) is 0 Å². The molecule has 3 nitrogen and oxygen atoms in total. The highest BCUT2D eigenvalue weighted by Crippen LogP contribution is 2.19. The number of aliphatic hydroxyl groups is 1. The summed E-state index contributed by atoms with van der Waals surface area (Å²) in [6.45, 7) is 7.40. The smallest absolute Gasteiger partial charge is 0.137 e. The third-order valence-corrected chi connectivity index (χ3v) is 2.74. The van der Waals surface area contributed by atoms with E-state index in [-0.39, 0.29) is 0 Å². The van der Waals surface area contributed by atoms with Gasteiger partial charge in [-0.25, -0.2) is 4.98 Å². The van der Waals surface area contributed by atoms with Crippen LogP contribution in [-0.4, -0.2) is 14.7 Å². The second-order valence-corrected chi connectivity index (χ2v) is 4.83. The van der Waals surface area contributed by atoms with E-state index >= 15 is 0 Å². The van der Waals surface area contributed by atoms with Crippen LogP contribution in [0.4, 0.5) is 0 Å². The maximum Gasteiger partial charge on any atom is 0.137 e. The van der Waals surface area contributed by atoms with E-state index in [9.17, 15) is 5.11 Å². The summed E-state index contributed by atoms with van der Waals surface area (Å²) in [5.41, 5.74) is 0. The first-order valence-electron chi connectivity index (χ1n) is 6.34. The van der Waals surface area contributed by atoms with E-state index in [0.29, 0.717) is 5.92 Å². The zero-order valence-electron chi connectivity index (χ0n) is 10.7. The summed E-state index contributed by atoms with van der Waals surface area (Å²) < 4.78 is 2.09. The number of unbranched alkanes of at least 4 members (excludes halogenated alkanes) is 2. The molecule has 0 amide bonds. The molecule has 92 valence electrons. The maximum absolute atomic E-state index is 10.0. The maximum atomic E-state index is 10.0. The lowest BCUT2D eigenvalue weighted by Gasteiger charge is -2.14. The van der Waals surface area contributed by atoms with Crippen molar-refractivity contribution in [3.8, 4) is 0 Å². The van der Waals surface area contributed by atoms with Crippen molar-refractivity contribution in [3.63, 3.8) is 0 Å². The molecule has 0 aliphatic rings. The first kappa shape index (κ1) is 13.2. The number of hydrogen-bond donors (Lipinski definition) is 1. The Labute approximate surface area is 98.5 Å². The molecule has 1 N–H and O–H groups in total. The van der Waals surface area contributed by atoms with Crippen LogP contribution in [0.1, 0.15) is 58.4 Å². The van der Waals surface area contributed by atoms with Gasteiger partial charge >= 0.3 is 0 Å². The largest absolute Gasteiger partial charge is 0.385 e. The van der Waals surface area contributed by atoms with Crippen molar-refractivity contribution < 1.29 is 5.11 Å². The van der Waals surface area contributed by atoms with Crippen LogP contribution in [0.2, 0.25) is 0 Å². The molecule has 1 aromatic heterocycles. The zero-order chi connectivity index (χ0) is 12.0. The molecule has 0 fully saturated rings. The molecule has 1 atom stereocenters. The van der Waals surface area contributed by atoms with Gasteiger partial charge in [0.05, 0.1) is 0 Å². The molecule has 0 aromatic carbocycles. The molecular weight excluding hydrogens is 200 g/mol. The summed E-state index contributed by atoms with van der Waals surface area (Å²) in [4.78, 5) is 4.26. The quantitative estimate of drug-likeness (QED) is 0.722. The predicted molar refractivity (Wildman–Crippen MR) is 66.2 cm³/mol. The predicted octanol–water partition coefficient (Wildman–Crippen LogP) is 3.15. The summed E-state index contributed by atoms with van der Waals surface area (Å²) in [5, 5.41) is 10.0. The van der Waals surface area contributed by atoms with Crippen LogP contribution in [0.3, 0.4) is 0 Å². The van der Waals surface area contributed by atoms with Crippen LogP contribution in [0.5, 0.6) is 0 Å². The number of aryl methyl sites for hydroxylation is 1. The lowest BCUT2D eigenvalue weighted by molar-refractivity contribution is 0.137. The van der Waals surface area contributed by atoms with Crippen molar-refractivity contribution in [3.05, 3.63) is 18.2 Å². The average molecular weight is 224 g/mol. The van der Waals surface area contributed by atoms with Gasteiger partial charge < -0.3 is 9.67 Å². The minimum absolute atomic E-state index is 0.420. The molecule has 0 radical (unpaired) electrons. The second-order valence-electron chi connectivity index (χ2n) is 4.83. The van der Waals surface area contributed by atoms with Crippen molar-refractivity contribution in [2.75, 3.05) is 0 Å². The lowest BCUT2D eigenvalue weighted by Crippen LogP contribution is -2.10. The minimum atomic E-state index is -0.420. The van der Waals surface area contributed by atoms with E-state index in [1.165, 1.54) is 12.8 Å². The molecule has 16 heavy (non-hydrogen) atoms. The third-order valence-electron chi connectivity index (χ3n) is 2.74. The van der Waals surface area contributed by atoms with Crippen LogP contribution in [0.25, 0.3) is 0 Å². The summed E-state index contributed by atoms with van der Waals surface area (Å²) in [6.07, 6.45) is 7.73. The molecule has 0 aliphatic heterocycles. The number of hydrogen-bond acceptors (Lipinski definition) is 2. The topological polar surface area (TPSA) is 38.0 Å². The molecule has 0 saturated heterocycles. The normalized spacial score (nSPS) is 13.3. The zero-order valence-corrected chi connectivity index (χ0v) is 10.7. The van der Waals surface area contributed by atoms with E-state index < -0.39 is 6.10 Å². The van der Waals surface area contributed by atoms with E-state index in [0.717, 1.165) is 25.2 Å². The number of nitrogens with zero attached hydrogens (tertiary/aromatic N) is 2. The van der Waals surface area contributed by atoms with Gasteiger partial charge in [0.25, 0.3) is 0 Å². The first-order chi connectivity index (χ1) is 7.65. The molecule has 0 aliphatic carbocycles. The average Bonchev–Trinajstić information content (AvgIpc) is 2.65. The number of rotatable bonds is 7. The monoisotopic (exact) mass is 224 g/mol. The van der Waals surface area contributed by atoms with E-state index in [1.54, 1.807) is 6.20 Å². The molecule has 1 rings (SSSR count). The van der Waals surface area contributed by atoms with Crippen molar-refractivity contribution in [2.24, 2.45) is 5.92 Å². The highest BCUT2D eigenvalue weighted by molar-refractivity contribution is 4.96. The number of imidazole rings is 1. The molecular formula is C13H24N2O.